The average Bonchev–Trinajstić information content (AvgIpc) is 2.83. The molecule has 2 rings (SSSR count). The Bertz CT molecular complexity index is 679. The molecule has 1 unspecified atom stereocenters. The van der Waals surface area contributed by atoms with E-state index < -0.39 is 0 Å². The highest BCUT2D eigenvalue weighted by Gasteiger charge is 2.18. The SMILES string of the molecule is CCN(CC)C(CNC(=NCC(=O)N(C)C)NCCCN1CCOCC1)c1ccccc1.I. The second-order valence-electron chi connectivity index (χ2n) is 8.22. The molecule has 1 heterocycles. The Morgan fingerprint density at radius 1 is 1.12 bits per heavy atom. The van der Waals surface area contributed by atoms with Crippen LogP contribution in [0.2, 0.25) is 0 Å². The molecule has 9 heteroatoms. The summed E-state index contributed by atoms with van der Waals surface area (Å²) in [4.78, 5) is 23.1. The third kappa shape index (κ3) is 11.0. The smallest absolute Gasteiger partial charge is 0.243 e. The topological polar surface area (TPSA) is 72.4 Å². The maximum absolute atomic E-state index is 12.1. The third-order valence-electron chi connectivity index (χ3n) is 5.82. The highest BCUT2D eigenvalue weighted by atomic mass is 127. The van der Waals surface area contributed by atoms with Crippen molar-refractivity contribution in [1.29, 1.82) is 0 Å². The molecule has 33 heavy (non-hydrogen) atoms. The van der Waals surface area contributed by atoms with E-state index in [9.17, 15) is 4.79 Å². The minimum Gasteiger partial charge on any atom is -0.379 e. The van der Waals surface area contributed by atoms with E-state index in [-0.39, 0.29) is 42.5 Å². The van der Waals surface area contributed by atoms with Crippen molar-refractivity contribution in [3.8, 4) is 0 Å². The van der Waals surface area contributed by atoms with Crippen molar-refractivity contribution < 1.29 is 9.53 Å². The largest absolute Gasteiger partial charge is 0.379 e. The molecule has 0 spiro atoms. The number of amides is 1. The van der Waals surface area contributed by atoms with Crippen LogP contribution in [0.1, 0.15) is 31.9 Å². The zero-order chi connectivity index (χ0) is 23.2. The van der Waals surface area contributed by atoms with Crippen LogP contribution in [0.5, 0.6) is 0 Å². The van der Waals surface area contributed by atoms with E-state index in [0.29, 0.717) is 5.96 Å². The van der Waals surface area contributed by atoms with Crippen LogP contribution in [-0.2, 0) is 9.53 Å². The number of ether oxygens (including phenoxy) is 1. The van der Waals surface area contributed by atoms with E-state index in [1.807, 2.05) is 6.07 Å². The van der Waals surface area contributed by atoms with Gasteiger partial charge in [-0.3, -0.25) is 14.6 Å². The van der Waals surface area contributed by atoms with Crippen LogP contribution in [0.4, 0.5) is 0 Å². The molecule has 0 bridgehead atoms. The summed E-state index contributed by atoms with van der Waals surface area (Å²) < 4.78 is 5.42. The first kappa shape index (κ1) is 29.6. The molecule has 0 aliphatic carbocycles. The number of guanidine groups is 1. The molecule has 1 fully saturated rings. The van der Waals surface area contributed by atoms with Crippen molar-refractivity contribution in [2.24, 2.45) is 4.99 Å². The highest BCUT2D eigenvalue weighted by molar-refractivity contribution is 14.0. The molecular weight excluding hydrogens is 531 g/mol. The van der Waals surface area contributed by atoms with Crippen LogP contribution in [0.3, 0.4) is 0 Å². The van der Waals surface area contributed by atoms with Crippen LogP contribution >= 0.6 is 24.0 Å². The summed E-state index contributed by atoms with van der Waals surface area (Å²) >= 11 is 0. The van der Waals surface area contributed by atoms with Crippen LogP contribution in [0.25, 0.3) is 0 Å². The van der Waals surface area contributed by atoms with E-state index >= 15 is 0 Å². The Labute approximate surface area is 217 Å². The molecule has 0 radical (unpaired) electrons. The van der Waals surface area contributed by atoms with Crippen molar-refractivity contribution in [2.45, 2.75) is 26.3 Å². The predicted octanol–water partition coefficient (Wildman–Crippen LogP) is 2.03. The number of carbonyl (C=O) groups excluding carboxylic acids is 1. The van der Waals surface area contributed by atoms with Gasteiger partial charge in [-0.05, 0) is 31.6 Å². The summed E-state index contributed by atoms with van der Waals surface area (Å²) in [5.74, 6) is 0.679. The molecule has 0 saturated carbocycles. The van der Waals surface area contributed by atoms with Gasteiger partial charge in [0.05, 0.1) is 19.3 Å². The molecule has 1 saturated heterocycles. The summed E-state index contributed by atoms with van der Waals surface area (Å²) in [5.41, 5.74) is 1.28. The number of rotatable bonds is 12. The van der Waals surface area contributed by atoms with Gasteiger partial charge in [-0.2, -0.15) is 0 Å². The third-order valence-corrected chi connectivity index (χ3v) is 5.82. The molecule has 0 aromatic heterocycles. The van der Waals surface area contributed by atoms with Gasteiger partial charge in [0, 0.05) is 40.3 Å². The molecule has 1 aliphatic heterocycles. The van der Waals surface area contributed by atoms with Gasteiger partial charge in [-0.25, -0.2) is 4.99 Å². The second kappa shape index (κ2) is 17.1. The summed E-state index contributed by atoms with van der Waals surface area (Å²) in [6.45, 7) is 12.6. The van der Waals surface area contributed by atoms with Crippen LogP contribution in [-0.4, -0.2) is 106 Å². The molecular formula is C24H43IN6O2. The Morgan fingerprint density at radius 3 is 2.39 bits per heavy atom. The Kier molecular flexibility index (Phi) is 15.3. The number of hydrogen-bond donors (Lipinski definition) is 2. The van der Waals surface area contributed by atoms with Crippen molar-refractivity contribution in [2.75, 3.05) is 79.7 Å². The van der Waals surface area contributed by atoms with Gasteiger partial charge in [0.2, 0.25) is 5.91 Å². The number of carbonyl (C=O) groups is 1. The highest BCUT2D eigenvalue weighted by Crippen LogP contribution is 2.19. The lowest BCUT2D eigenvalue weighted by atomic mass is 10.1. The Morgan fingerprint density at radius 2 is 1.79 bits per heavy atom. The minimum atomic E-state index is -0.0113. The first-order valence-electron chi connectivity index (χ1n) is 11.9. The lowest BCUT2D eigenvalue weighted by molar-refractivity contribution is -0.127. The molecule has 1 atom stereocenters. The summed E-state index contributed by atoms with van der Waals surface area (Å²) in [6, 6.07) is 10.8. The van der Waals surface area contributed by atoms with E-state index in [1.54, 1.807) is 19.0 Å². The molecule has 1 amide bonds. The standard InChI is InChI=1S/C24H42N6O2.HI/c1-5-30(6-2)22(21-11-8-7-9-12-21)19-26-24(27-20-23(31)28(3)4)25-13-10-14-29-15-17-32-18-16-29;/h7-9,11-12,22H,5-6,10,13-20H2,1-4H3,(H2,25,26,27);1H. The lowest BCUT2D eigenvalue weighted by Crippen LogP contribution is -2.44. The van der Waals surface area contributed by atoms with E-state index in [4.69, 9.17) is 4.74 Å². The van der Waals surface area contributed by atoms with Crippen LogP contribution in [0.15, 0.2) is 35.3 Å². The summed E-state index contributed by atoms with van der Waals surface area (Å²) in [7, 11) is 3.51. The fourth-order valence-electron chi connectivity index (χ4n) is 3.79. The molecule has 8 nitrogen and oxygen atoms in total. The van der Waals surface area contributed by atoms with Crippen molar-refractivity contribution in [3.05, 3.63) is 35.9 Å². The van der Waals surface area contributed by atoms with Crippen molar-refractivity contribution in [3.63, 3.8) is 0 Å². The number of aliphatic imine (C=N–C) groups is 1. The number of nitrogens with zero attached hydrogens (tertiary/aromatic N) is 4. The monoisotopic (exact) mass is 574 g/mol. The van der Waals surface area contributed by atoms with Crippen molar-refractivity contribution in [1.82, 2.24) is 25.3 Å². The second-order valence-corrected chi connectivity index (χ2v) is 8.22. The number of halogens is 1. The lowest BCUT2D eigenvalue weighted by Gasteiger charge is -2.31. The van der Waals surface area contributed by atoms with Crippen LogP contribution < -0.4 is 10.6 Å². The maximum atomic E-state index is 12.1. The van der Waals surface area contributed by atoms with Crippen molar-refractivity contribution >= 4 is 35.8 Å². The van der Waals surface area contributed by atoms with Gasteiger partial charge in [0.1, 0.15) is 6.54 Å². The number of likely N-dealkylation sites (N-methyl/N-ethyl adjacent to an activating group) is 2. The number of benzene rings is 1. The average molecular weight is 575 g/mol. The predicted molar refractivity (Wildman–Crippen MR) is 146 cm³/mol. The van der Waals surface area contributed by atoms with Gasteiger partial charge in [0.15, 0.2) is 5.96 Å². The number of hydrogen-bond acceptors (Lipinski definition) is 5. The fraction of sp³-hybridized carbons (Fsp3) is 0.667. The zero-order valence-corrected chi connectivity index (χ0v) is 23.1. The van der Waals surface area contributed by atoms with Gasteiger partial charge < -0.3 is 20.3 Å². The van der Waals surface area contributed by atoms with E-state index in [2.05, 4.69) is 63.5 Å². The first-order valence-corrected chi connectivity index (χ1v) is 11.9. The summed E-state index contributed by atoms with van der Waals surface area (Å²) in [5, 5.41) is 6.92. The van der Waals surface area contributed by atoms with E-state index in [0.717, 1.165) is 65.4 Å². The van der Waals surface area contributed by atoms with Gasteiger partial charge in [-0.1, -0.05) is 44.2 Å². The summed E-state index contributed by atoms with van der Waals surface area (Å²) in [6.07, 6.45) is 1.01. The van der Waals surface area contributed by atoms with E-state index in [1.165, 1.54) is 5.56 Å². The minimum absolute atomic E-state index is 0. The molecule has 1 aromatic carbocycles. The fourth-order valence-corrected chi connectivity index (χ4v) is 3.79. The molecule has 1 aliphatic rings. The molecule has 1 aromatic rings. The first-order chi connectivity index (χ1) is 15.5. The van der Waals surface area contributed by atoms with Crippen LogP contribution in [0, 0.1) is 0 Å². The molecule has 2 N–H and O–H groups in total. The van der Waals surface area contributed by atoms with Gasteiger partial charge in [-0.15, -0.1) is 24.0 Å². The van der Waals surface area contributed by atoms with Gasteiger partial charge >= 0.3 is 0 Å². The Hall–Kier alpha value is -1.43. The quantitative estimate of drug-likeness (QED) is 0.172. The maximum Gasteiger partial charge on any atom is 0.243 e. The number of nitrogens with one attached hydrogen (secondary N) is 2. The number of morpholine rings is 1. The normalized spacial score (nSPS) is 15.6. The molecule has 188 valence electrons. The zero-order valence-electron chi connectivity index (χ0n) is 20.8. The Balaban J connectivity index is 0.00000544. The van der Waals surface area contributed by atoms with Gasteiger partial charge in [0.25, 0.3) is 0 Å².